The molecule has 0 unspecified atom stereocenters. The number of ether oxygens (including phenoxy) is 2. The van der Waals surface area contributed by atoms with Crippen LogP contribution in [0.25, 0.3) is 0 Å². The first-order valence-corrected chi connectivity index (χ1v) is 7.40. The molecular formula is C16H24N2O3. The van der Waals surface area contributed by atoms with Crippen LogP contribution in [0.1, 0.15) is 39.3 Å². The van der Waals surface area contributed by atoms with Crippen molar-refractivity contribution < 1.29 is 14.3 Å². The molecule has 0 N–H and O–H groups in total. The van der Waals surface area contributed by atoms with Gasteiger partial charge in [-0.1, -0.05) is 0 Å². The Hall–Kier alpha value is -1.78. The molecule has 21 heavy (non-hydrogen) atoms. The van der Waals surface area contributed by atoms with Crippen LogP contribution in [0.4, 0.5) is 4.79 Å². The van der Waals surface area contributed by atoms with Crippen LogP contribution in [0.2, 0.25) is 0 Å². The zero-order valence-corrected chi connectivity index (χ0v) is 13.3. The summed E-state index contributed by atoms with van der Waals surface area (Å²) in [7, 11) is 0. The van der Waals surface area contributed by atoms with Crippen LogP contribution in [0, 0.1) is 6.92 Å². The number of amides is 1. The molecule has 1 aliphatic heterocycles. The van der Waals surface area contributed by atoms with Gasteiger partial charge in [-0.25, -0.2) is 4.79 Å². The number of nitrogens with zero attached hydrogens (tertiary/aromatic N) is 2. The molecule has 1 amide bonds. The summed E-state index contributed by atoms with van der Waals surface area (Å²) >= 11 is 0. The van der Waals surface area contributed by atoms with Crippen molar-refractivity contribution in [3.63, 3.8) is 0 Å². The Bertz CT molecular complexity index is 479. The van der Waals surface area contributed by atoms with Gasteiger partial charge in [0, 0.05) is 12.2 Å². The van der Waals surface area contributed by atoms with Crippen molar-refractivity contribution in [3.05, 3.63) is 24.0 Å². The summed E-state index contributed by atoms with van der Waals surface area (Å²) in [5, 5.41) is 0. The number of aromatic nitrogens is 1. The predicted molar refractivity (Wildman–Crippen MR) is 80.4 cm³/mol. The summed E-state index contributed by atoms with van der Waals surface area (Å²) in [5.41, 5.74) is 0.491. The molecule has 1 aliphatic rings. The Morgan fingerprint density at radius 2 is 2.19 bits per heavy atom. The third-order valence-electron chi connectivity index (χ3n) is 3.33. The number of carbonyl (C=O) groups is 1. The fourth-order valence-electron chi connectivity index (χ4n) is 2.30. The average molecular weight is 292 g/mol. The van der Waals surface area contributed by atoms with Crippen LogP contribution in [0.15, 0.2) is 18.3 Å². The highest BCUT2D eigenvalue weighted by molar-refractivity contribution is 5.69. The van der Waals surface area contributed by atoms with Gasteiger partial charge in [-0.15, -0.1) is 0 Å². The average Bonchev–Trinajstić information content (AvgIpc) is 2.84. The van der Waals surface area contributed by atoms with Gasteiger partial charge in [0.25, 0.3) is 0 Å². The van der Waals surface area contributed by atoms with Gasteiger partial charge in [-0.2, -0.15) is 0 Å². The van der Waals surface area contributed by atoms with E-state index in [0.717, 1.165) is 30.8 Å². The van der Waals surface area contributed by atoms with Crippen LogP contribution in [-0.2, 0) is 4.74 Å². The third-order valence-corrected chi connectivity index (χ3v) is 3.33. The molecule has 1 saturated heterocycles. The molecule has 5 heteroatoms. The minimum Gasteiger partial charge on any atom is -0.490 e. The molecule has 5 nitrogen and oxygen atoms in total. The molecule has 0 aromatic carbocycles. The molecular weight excluding hydrogens is 268 g/mol. The zero-order valence-electron chi connectivity index (χ0n) is 13.3. The van der Waals surface area contributed by atoms with E-state index < -0.39 is 5.60 Å². The lowest BCUT2D eigenvalue weighted by Gasteiger charge is -2.28. The maximum Gasteiger partial charge on any atom is 0.410 e. The Morgan fingerprint density at radius 3 is 2.81 bits per heavy atom. The van der Waals surface area contributed by atoms with Gasteiger partial charge in [0.05, 0.1) is 12.2 Å². The zero-order chi connectivity index (χ0) is 15.5. The lowest BCUT2D eigenvalue weighted by Crippen LogP contribution is -2.42. The number of aryl methyl sites for hydroxylation is 1. The van der Waals surface area contributed by atoms with E-state index in [9.17, 15) is 4.79 Å². The number of carbonyl (C=O) groups excluding carboxylic acids is 1. The second-order valence-electron chi connectivity index (χ2n) is 6.42. The summed E-state index contributed by atoms with van der Waals surface area (Å²) in [6, 6.07) is 3.88. The number of hydrogen-bond donors (Lipinski definition) is 0. The van der Waals surface area contributed by atoms with E-state index >= 15 is 0 Å². The minimum atomic E-state index is -0.466. The molecule has 116 valence electrons. The Kier molecular flexibility index (Phi) is 4.70. The highest BCUT2D eigenvalue weighted by Gasteiger charge is 2.32. The Morgan fingerprint density at radius 1 is 1.43 bits per heavy atom. The molecule has 0 spiro atoms. The first-order chi connectivity index (χ1) is 9.85. The van der Waals surface area contributed by atoms with E-state index in [0.29, 0.717) is 6.61 Å². The van der Waals surface area contributed by atoms with Gasteiger partial charge in [0.15, 0.2) is 0 Å². The molecule has 1 atom stereocenters. The van der Waals surface area contributed by atoms with E-state index in [1.54, 1.807) is 11.1 Å². The van der Waals surface area contributed by atoms with Crippen molar-refractivity contribution in [1.29, 1.82) is 0 Å². The van der Waals surface area contributed by atoms with E-state index in [4.69, 9.17) is 9.47 Å². The van der Waals surface area contributed by atoms with Crippen molar-refractivity contribution in [2.24, 2.45) is 0 Å². The smallest absolute Gasteiger partial charge is 0.410 e. The highest BCUT2D eigenvalue weighted by Crippen LogP contribution is 2.22. The van der Waals surface area contributed by atoms with E-state index in [1.165, 1.54) is 0 Å². The minimum absolute atomic E-state index is 0.0705. The molecule has 0 bridgehead atoms. The number of hydrogen-bond acceptors (Lipinski definition) is 4. The summed E-state index contributed by atoms with van der Waals surface area (Å²) in [6.07, 6.45) is 3.38. The fourth-order valence-corrected chi connectivity index (χ4v) is 2.30. The largest absolute Gasteiger partial charge is 0.490 e. The van der Waals surface area contributed by atoms with Crippen LogP contribution in [-0.4, -0.2) is 40.8 Å². The molecule has 0 saturated carbocycles. The Labute approximate surface area is 126 Å². The van der Waals surface area contributed by atoms with Crippen molar-refractivity contribution in [2.75, 3.05) is 13.2 Å². The lowest BCUT2D eigenvalue weighted by atomic mass is 10.2. The second kappa shape index (κ2) is 6.33. The molecule has 2 rings (SSSR count). The van der Waals surface area contributed by atoms with Crippen LogP contribution in [0.3, 0.4) is 0 Å². The van der Waals surface area contributed by atoms with Crippen molar-refractivity contribution >= 4 is 6.09 Å². The fraction of sp³-hybridized carbons (Fsp3) is 0.625. The van der Waals surface area contributed by atoms with Gasteiger partial charge >= 0.3 is 6.09 Å². The van der Waals surface area contributed by atoms with Crippen molar-refractivity contribution in [2.45, 2.75) is 52.2 Å². The summed E-state index contributed by atoms with van der Waals surface area (Å²) in [5.74, 6) is 0.733. The third kappa shape index (κ3) is 4.62. The standard InChI is InChI=1S/C16H24N2O3/c1-12-7-8-14(10-17-12)20-11-13-6-5-9-18(13)15(19)21-16(2,3)4/h7-8,10,13H,5-6,9,11H2,1-4H3/t13-/m0/s1. The van der Waals surface area contributed by atoms with Gasteiger partial charge in [0.1, 0.15) is 18.0 Å². The van der Waals surface area contributed by atoms with Crippen LogP contribution < -0.4 is 4.74 Å². The molecule has 0 radical (unpaired) electrons. The molecule has 1 aromatic heterocycles. The van der Waals surface area contributed by atoms with Crippen LogP contribution >= 0.6 is 0 Å². The second-order valence-corrected chi connectivity index (χ2v) is 6.42. The predicted octanol–water partition coefficient (Wildman–Crippen LogP) is 3.17. The van der Waals surface area contributed by atoms with Gasteiger partial charge in [-0.3, -0.25) is 4.98 Å². The van der Waals surface area contributed by atoms with E-state index in [2.05, 4.69) is 4.98 Å². The van der Waals surface area contributed by atoms with Gasteiger partial charge in [-0.05, 0) is 52.7 Å². The summed E-state index contributed by atoms with van der Waals surface area (Å²) in [6.45, 7) is 8.78. The topological polar surface area (TPSA) is 51.7 Å². The van der Waals surface area contributed by atoms with Crippen molar-refractivity contribution in [1.82, 2.24) is 9.88 Å². The summed E-state index contributed by atoms with van der Waals surface area (Å²) in [4.78, 5) is 18.1. The number of likely N-dealkylation sites (tertiary alicyclic amines) is 1. The first kappa shape index (κ1) is 15.6. The first-order valence-electron chi connectivity index (χ1n) is 7.40. The molecule has 1 fully saturated rings. The SMILES string of the molecule is Cc1ccc(OC[C@@H]2CCCN2C(=O)OC(C)(C)C)cn1. The highest BCUT2D eigenvalue weighted by atomic mass is 16.6. The van der Waals surface area contributed by atoms with Crippen molar-refractivity contribution in [3.8, 4) is 5.75 Å². The quantitative estimate of drug-likeness (QED) is 0.858. The van der Waals surface area contributed by atoms with Gasteiger partial charge in [0.2, 0.25) is 0 Å². The van der Waals surface area contributed by atoms with Crippen LogP contribution in [0.5, 0.6) is 5.75 Å². The normalized spacial score (nSPS) is 18.7. The molecule has 2 heterocycles. The van der Waals surface area contributed by atoms with Gasteiger partial charge < -0.3 is 14.4 Å². The molecule has 0 aliphatic carbocycles. The summed E-state index contributed by atoms with van der Waals surface area (Å²) < 4.78 is 11.2. The van der Waals surface area contributed by atoms with E-state index in [1.807, 2.05) is 39.8 Å². The number of pyridine rings is 1. The lowest BCUT2D eigenvalue weighted by molar-refractivity contribution is 0.0187. The maximum absolute atomic E-state index is 12.2. The number of rotatable bonds is 3. The molecule has 1 aromatic rings. The maximum atomic E-state index is 12.2. The monoisotopic (exact) mass is 292 g/mol. The van der Waals surface area contributed by atoms with E-state index in [-0.39, 0.29) is 12.1 Å². The Balaban J connectivity index is 1.90.